The Morgan fingerprint density at radius 3 is 2.03 bits per heavy atom. The first kappa shape index (κ1) is 29.1. The monoisotopic (exact) mass is 536 g/mol. The number of benzene rings is 2. The highest BCUT2D eigenvalue weighted by Crippen LogP contribution is 2.39. The van der Waals surface area contributed by atoms with Crippen LogP contribution in [0.1, 0.15) is 75.3 Å². The Bertz CT molecular complexity index is 1120. The molecule has 4 rings (SSSR count). The third kappa shape index (κ3) is 7.60. The van der Waals surface area contributed by atoms with Crippen molar-refractivity contribution in [2.24, 2.45) is 11.8 Å². The van der Waals surface area contributed by atoms with E-state index in [-0.39, 0.29) is 6.61 Å². The Balaban J connectivity index is 1.26. The van der Waals surface area contributed by atoms with Gasteiger partial charge in [0.2, 0.25) is 11.7 Å². The van der Waals surface area contributed by atoms with Crippen molar-refractivity contribution < 1.29 is 23.0 Å². The van der Waals surface area contributed by atoms with Crippen LogP contribution in [0.15, 0.2) is 84.9 Å². The fraction of sp³-hybridized carbons (Fsp3) is 0.471. The minimum Gasteiger partial charge on any atom is -0.494 e. The van der Waals surface area contributed by atoms with Gasteiger partial charge in [-0.15, -0.1) is 0 Å². The van der Waals surface area contributed by atoms with Crippen LogP contribution in [0.5, 0.6) is 0 Å². The van der Waals surface area contributed by atoms with Crippen molar-refractivity contribution in [3.05, 3.63) is 96.0 Å². The van der Waals surface area contributed by atoms with E-state index in [1.54, 1.807) is 0 Å². The van der Waals surface area contributed by atoms with Gasteiger partial charge in [0.05, 0.1) is 19.8 Å². The quantitative estimate of drug-likeness (QED) is 0.211. The van der Waals surface area contributed by atoms with Gasteiger partial charge in [0.25, 0.3) is 0 Å². The Morgan fingerprint density at radius 1 is 0.846 bits per heavy atom. The van der Waals surface area contributed by atoms with E-state index in [1.807, 2.05) is 24.3 Å². The molecule has 39 heavy (non-hydrogen) atoms. The molecule has 2 fully saturated rings. The molecule has 2 aromatic carbocycles. The van der Waals surface area contributed by atoms with Crippen molar-refractivity contribution in [1.29, 1.82) is 0 Å². The molecule has 1 aliphatic heterocycles. The van der Waals surface area contributed by atoms with Gasteiger partial charge in [0.1, 0.15) is 6.61 Å². The van der Waals surface area contributed by atoms with E-state index in [2.05, 4.69) is 49.1 Å². The van der Waals surface area contributed by atoms with Crippen LogP contribution in [-0.4, -0.2) is 19.8 Å². The standard InChI is InChI=1S/C34H42F2O3/c1-5-6-25-7-13-30(14-8-25)32-20-19-31(22-39-32)29-17-15-28(16-18-29)27-11-9-26(10-12-27)21-38-24(3)34(36)33(35)23(2)37-4/h9-12,15-18,25,30-32H,2-3,5-8,13-14,19-22H2,1,4H3/b34-33-. The second-order valence-corrected chi connectivity index (χ2v) is 11.0. The first-order valence-electron chi connectivity index (χ1n) is 14.3. The number of methoxy groups -OCH3 is 1. The molecular formula is C34H42F2O3. The first-order valence-corrected chi connectivity index (χ1v) is 14.3. The molecule has 1 saturated heterocycles. The number of rotatable bonds is 11. The highest BCUT2D eigenvalue weighted by molar-refractivity contribution is 5.64. The first-order chi connectivity index (χ1) is 18.9. The Labute approximate surface area is 232 Å². The summed E-state index contributed by atoms with van der Waals surface area (Å²) in [7, 11) is 1.22. The second kappa shape index (κ2) is 13.9. The Morgan fingerprint density at radius 2 is 1.46 bits per heavy atom. The third-order valence-electron chi connectivity index (χ3n) is 8.44. The molecule has 1 aliphatic carbocycles. The molecule has 0 N–H and O–H groups in total. The Hall–Kier alpha value is -2.92. The summed E-state index contributed by atoms with van der Waals surface area (Å²) in [4.78, 5) is 0. The second-order valence-electron chi connectivity index (χ2n) is 11.0. The predicted molar refractivity (Wildman–Crippen MR) is 153 cm³/mol. The van der Waals surface area contributed by atoms with Crippen molar-refractivity contribution in [2.75, 3.05) is 13.7 Å². The summed E-state index contributed by atoms with van der Waals surface area (Å²) < 4.78 is 44.2. The van der Waals surface area contributed by atoms with Gasteiger partial charge < -0.3 is 14.2 Å². The topological polar surface area (TPSA) is 27.7 Å². The van der Waals surface area contributed by atoms with E-state index >= 15 is 0 Å². The van der Waals surface area contributed by atoms with Gasteiger partial charge >= 0.3 is 0 Å². The molecule has 1 heterocycles. The number of hydrogen-bond acceptors (Lipinski definition) is 3. The molecule has 3 nitrogen and oxygen atoms in total. The normalized spacial score (nSPS) is 24.0. The van der Waals surface area contributed by atoms with Crippen molar-refractivity contribution in [1.82, 2.24) is 0 Å². The van der Waals surface area contributed by atoms with Crippen LogP contribution in [0.3, 0.4) is 0 Å². The summed E-state index contributed by atoms with van der Waals surface area (Å²) in [5, 5.41) is 0. The molecular weight excluding hydrogens is 494 g/mol. The maximum atomic E-state index is 14.1. The van der Waals surface area contributed by atoms with Gasteiger partial charge in [0, 0.05) is 5.92 Å². The molecule has 0 bridgehead atoms. The van der Waals surface area contributed by atoms with E-state index in [4.69, 9.17) is 9.47 Å². The molecule has 0 aromatic heterocycles. The van der Waals surface area contributed by atoms with Crippen LogP contribution < -0.4 is 0 Å². The van der Waals surface area contributed by atoms with Crippen molar-refractivity contribution >= 4 is 0 Å². The zero-order valence-corrected chi connectivity index (χ0v) is 23.4. The highest BCUT2D eigenvalue weighted by atomic mass is 19.2. The van der Waals surface area contributed by atoms with Gasteiger partial charge in [-0.25, -0.2) is 0 Å². The van der Waals surface area contributed by atoms with Crippen LogP contribution in [0.2, 0.25) is 0 Å². The summed E-state index contributed by atoms with van der Waals surface area (Å²) >= 11 is 0. The maximum Gasteiger partial charge on any atom is 0.203 e. The lowest BCUT2D eigenvalue weighted by atomic mass is 9.75. The molecule has 2 aliphatic rings. The maximum absolute atomic E-state index is 14.1. The van der Waals surface area contributed by atoms with Gasteiger partial charge in [-0.1, -0.05) is 94.3 Å². The van der Waals surface area contributed by atoms with Gasteiger partial charge in [-0.3, -0.25) is 0 Å². The molecule has 210 valence electrons. The van der Waals surface area contributed by atoms with E-state index in [0.29, 0.717) is 12.0 Å². The highest BCUT2D eigenvalue weighted by Gasteiger charge is 2.31. The van der Waals surface area contributed by atoms with Crippen LogP contribution in [0.25, 0.3) is 11.1 Å². The number of allylic oxidation sites excluding steroid dienone is 2. The fourth-order valence-electron chi connectivity index (χ4n) is 5.97. The van der Waals surface area contributed by atoms with Crippen LogP contribution in [0, 0.1) is 11.8 Å². The molecule has 5 heteroatoms. The van der Waals surface area contributed by atoms with Crippen molar-refractivity contribution in [3.8, 4) is 11.1 Å². The zero-order valence-electron chi connectivity index (χ0n) is 23.4. The summed E-state index contributed by atoms with van der Waals surface area (Å²) in [6.07, 6.45) is 10.9. The smallest absolute Gasteiger partial charge is 0.203 e. The fourth-order valence-corrected chi connectivity index (χ4v) is 5.97. The number of ether oxygens (including phenoxy) is 3. The van der Waals surface area contributed by atoms with Crippen LogP contribution >= 0.6 is 0 Å². The van der Waals surface area contributed by atoms with Crippen LogP contribution in [-0.2, 0) is 20.8 Å². The average Bonchev–Trinajstić information content (AvgIpc) is 2.99. The molecule has 0 radical (unpaired) electrons. The summed E-state index contributed by atoms with van der Waals surface area (Å²) in [6, 6.07) is 16.6. The van der Waals surface area contributed by atoms with E-state index < -0.39 is 23.2 Å². The van der Waals surface area contributed by atoms with Crippen LogP contribution in [0.4, 0.5) is 8.78 Å². The zero-order chi connectivity index (χ0) is 27.8. The van der Waals surface area contributed by atoms with Crippen molar-refractivity contribution in [3.63, 3.8) is 0 Å². The molecule has 2 unspecified atom stereocenters. The minimum atomic E-state index is -1.22. The molecule has 2 atom stereocenters. The Kier molecular flexibility index (Phi) is 10.4. The summed E-state index contributed by atoms with van der Waals surface area (Å²) in [6.45, 7) is 9.94. The van der Waals surface area contributed by atoms with E-state index in [1.165, 1.54) is 64.0 Å². The molecule has 2 aromatic rings. The molecule has 0 spiro atoms. The molecule has 1 saturated carbocycles. The minimum absolute atomic E-state index is 0.0705. The predicted octanol–water partition coefficient (Wildman–Crippen LogP) is 9.56. The van der Waals surface area contributed by atoms with E-state index in [9.17, 15) is 8.78 Å². The summed E-state index contributed by atoms with van der Waals surface area (Å²) in [5.74, 6) is -1.09. The summed E-state index contributed by atoms with van der Waals surface area (Å²) in [5.41, 5.74) is 4.37. The number of halogens is 2. The lowest BCUT2D eigenvalue weighted by molar-refractivity contribution is -0.0435. The lowest BCUT2D eigenvalue weighted by Crippen LogP contribution is -2.33. The van der Waals surface area contributed by atoms with Gasteiger partial charge in [-0.05, 0) is 59.8 Å². The lowest BCUT2D eigenvalue weighted by Gasteiger charge is -2.38. The van der Waals surface area contributed by atoms with Gasteiger partial charge in [-0.2, -0.15) is 8.78 Å². The largest absolute Gasteiger partial charge is 0.494 e. The number of hydrogen-bond donors (Lipinski definition) is 0. The molecule has 0 amide bonds. The SMILES string of the molecule is C=C(OC)/C(F)=C(/F)C(=C)OCc1ccc(-c2ccc(C3CCC(C4CCC(CCC)CC4)OC3)cc2)cc1. The van der Waals surface area contributed by atoms with E-state index in [0.717, 1.165) is 35.1 Å². The van der Waals surface area contributed by atoms with Gasteiger partial charge in [0.15, 0.2) is 11.5 Å². The average molecular weight is 537 g/mol. The van der Waals surface area contributed by atoms with Crippen molar-refractivity contribution in [2.45, 2.75) is 76.9 Å². The third-order valence-corrected chi connectivity index (χ3v) is 8.44.